The highest BCUT2D eigenvalue weighted by molar-refractivity contribution is 7.20. The summed E-state index contributed by atoms with van der Waals surface area (Å²) in [6, 6.07) is 11.4. The van der Waals surface area contributed by atoms with Gasteiger partial charge in [-0.2, -0.15) is 0 Å². The second kappa shape index (κ2) is 7.87. The van der Waals surface area contributed by atoms with Crippen molar-refractivity contribution in [3.05, 3.63) is 56.2 Å². The standard InChI is InChI=1S/C18H18Cl2N2O2S/c19-16-8-12(18(20)25-16)15(23)6-7-17(24)22-9-13(14(21)10-22)11-4-2-1-3-5-11/h1-5,8,13-14H,6-7,9-10,21H2/t13-,14+/m0/s1. The maximum absolute atomic E-state index is 12.5. The number of nitrogens with two attached hydrogens (primary N) is 1. The molecule has 0 unspecified atom stereocenters. The number of amides is 1. The smallest absolute Gasteiger partial charge is 0.223 e. The van der Waals surface area contributed by atoms with Crippen LogP contribution in [0.5, 0.6) is 0 Å². The van der Waals surface area contributed by atoms with Crippen LogP contribution in [0, 0.1) is 0 Å². The molecule has 1 aromatic heterocycles. The molecule has 2 heterocycles. The zero-order valence-corrected chi connectivity index (χ0v) is 15.8. The van der Waals surface area contributed by atoms with Gasteiger partial charge in [0.25, 0.3) is 0 Å². The Bertz CT molecular complexity index is 779. The van der Waals surface area contributed by atoms with Crippen LogP contribution in [0.1, 0.15) is 34.7 Å². The molecule has 0 radical (unpaired) electrons. The van der Waals surface area contributed by atoms with Crippen molar-refractivity contribution in [2.24, 2.45) is 5.73 Å². The molecule has 1 aromatic carbocycles. The zero-order valence-electron chi connectivity index (χ0n) is 13.5. The minimum Gasteiger partial charge on any atom is -0.340 e. The van der Waals surface area contributed by atoms with Crippen molar-refractivity contribution in [1.82, 2.24) is 4.90 Å². The van der Waals surface area contributed by atoms with E-state index in [-0.39, 0.29) is 36.5 Å². The Kier molecular flexibility index (Phi) is 5.79. The summed E-state index contributed by atoms with van der Waals surface area (Å²) in [5, 5.41) is 0. The van der Waals surface area contributed by atoms with E-state index in [0.717, 1.165) is 16.9 Å². The number of hydrogen-bond acceptors (Lipinski definition) is 4. The highest BCUT2D eigenvalue weighted by Gasteiger charge is 2.33. The molecule has 0 saturated carbocycles. The van der Waals surface area contributed by atoms with E-state index in [9.17, 15) is 9.59 Å². The molecule has 1 aliphatic rings. The highest BCUT2D eigenvalue weighted by atomic mass is 35.5. The van der Waals surface area contributed by atoms with E-state index in [1.165, 1.54) is 0 Å². The van der Waals surface area contributed by atoms with Crippen LogP contribution in [0.2, 0.25) is 8.67 Å². The van der Waals surface area contributed by atoms with Crippen LogP contribution in [-0.2, 0) is 4.79 Å². The van der Waals surface area contributed by atoms with Crippen LogP contribution in [0.15, 0.2) is 36.4 Å². The largest absolute Gasteiger partial charge is 0.340 e. The Morgan fingerprint density at radius 3 is 2.52 bits per heavy atom. The molecule has 1 fully saturated rings. The Hall–Kier alpha value is -1.40. The van der Waals surface area contributed by atoms with Gasteiger partial charge >= 0.3 is 0 Å². The maximum Gasteiger partial charge on any atom is 0.223 e. The molecule has 2 atom stereocenters. The summed E-state index contributed by atoms with van der Waals surface area (Å²) < 4.78 is 0.839. The number of carbonyl (C=O) groups excluding carboxylic acids is 2. The number of likely N-dealkylation sites (tertiary alicyclic amines) is 1. The topological polar surface area (TPSA) is 63.4 Å². The molecule has 1 amide bonds. The fourth-order valence-corrected chi connectivity index (χ4v) is 4.63. The summed E-state index contributed by atoms with van der Waals surface area (Å²) in [6.45, 7) is 1.10. The quantitative estimate of drug-likeness (QED) is 0.777. The zero-order chi connectivity index (χ0) is 18.0. The molecule has 1 aliphatic heterocycles. The van der Waals surface area contributed by atoms with E-state index in [0.29, 0.717) is 27.3 Å². The van der Waals surface area contributed by atoms with Crippen LogP contribution in [-0.4, -0.2) is 35.7 Å². The predicted octanol–water partition coefficient (Wildman–Crippen LogP) is 3.97. The lowest BCUT2D eigenvalue weighted by atomic mass is 9.95. The van der Waals surface area contributed by atoms with E-state index in [1.807, 2.05) is 30.3 Å². The van der Waals surface area contributed by atoms with Gasteiger partial charge in [-0.1, -0.05) is 53.5 Å². The van der Waals surface area contributed by atoms with Gasteiger partial charge in [0.15, 0.2) is 5.78 Å². The summed E-state index contributed by atoms with van der Waals surface area (Å²) >= 11 is 13.0. The second-order valence-electron chi connectivity index (χ2n) is 6.14. The number of hydrogen-bond donors (Lipinski definition) is 1. The molecule has 25 heavy (non-hydrogen) atoms. The van der Waals surface area contributed by atoms with Gasteiger partial charge in [-0.25, -0.2) is 0 Å². The lowest BCUT2D eigenvalue weighted by molar-refractivity contribution is -0.130. The van der Waals surface area contributed by atoms with Crippen LogP contribution in [0.3, 0.4) is 0 Å². The number of ketones is 1. The molecular formula is C18H18Cl2N2O2S. The average molecular weight is 397 g/mol. The Balaban J connectivity index is 1.57. The van der Waals surface area contributed by atoms with E-state index in [2.05, 4.69) is 0 Å². The maximum atomic E-state index is 12.5. The van der Waals surface area contributed by atoms with Crippen LogP contribution in [0.4, 0.5) is 0 Å². The van der Waals surface area contributed by atoms with Crippen molar-refractivity contribution < 1.29 is 9.59 Å². The number of carbonyl (C=O) groups is 2. The first-order chi connectivity index (χ1) is 12.0. The first kappa shape index (κ1) is 18.4. The average Bonchev–Trinajstić information content (AvgIpc) is 3.15. The molecule has 0 bridgehead atoms. The molecule has 7 heteroatoms. The highest BCUT2D eigenvalue weighted by Crippen LogP contribution is 2.32. The minimum atomic E-state index is -0.162. The molecule has 132 valence electrons. The number of thiophene rings is 1. The molecule has 3 rings (SSSR count). The van der Waals surface area contributed by atoms with Crippen molar-refractivity contribution >= 4 is 46.2 Å². The van der Waals surface area contributed by atoms with E-state index in [1.54, 1.807) is 11.0 Å². The van der Waals surface area contributed by atoms with Gasteiger partial charge < -0.3 is 10.6 Å². The van der Waals surface area contributed by atoms with Crippen molar-refractivity contribution in [3.63, 3.8) is 0 Å². The molecular weight excluding hydrogens is 379 g/mol. The number of nitrogens with zero attached hydrogens (tertiary/aromatic N) is 1. The summed E-state index contributed by atoms with van der Waals surface area (Å²) in [5.74, 6) is -0.0877. The van der Waals surface area contributed by atoms with Gasteiger partial charge in [-0.05, 0) is 11.6 Å². The number of halogens is 2. The van der Waals surface area contributed by atoms with Gasteiger partial charge in [0.1, 0.15) is 4.34 Å². The fraction of sp³-hybridized carbons (Fsp3) is 0.333. The summed E-state index contributed by atoms with van der Waals surface area (Å²) in [5.41, 5.74) is 7.75. The lowest BCUT2D eigenvalue weighted by Crippen LogP contribution is -2.32. The molecule has 0 aliphatic carbocycles. The lowest BCUT2D eigenvalue weighted by Gasteiger charge is -2.16. The molecule has 4 nitrogen and oxygen atoms in total. The monoisotopic (exact) mass is 396 g/mol. The van der Waals surface area contributed by atoms with Crippen molar-refractivity contribution in [3.8, 4) is 0 Å². The number of Topliss-reactive ketones (excluding diaryl/α,β-unsaturated/α-hetero) is 1. The van der Waals surface area contributed by atoms with Gasteiger partial charge in [0.2, 0.25) is 5.91 Å². The van der Waals surface area contributed by atoms with Crippen molar-refractivity contribution in [1.29, 1.82) is 0 Å². The Morgan fingerprint density at radius 2 is 1.88 bits per heavy atom. The first-order valence-corrected chi connectivity index (χ1v) is 9.59. The van der Waals surface area contributed by atoms with Gasteiger partial charge in [0, 0.05) is 43.5 Å². The minimum absolute atomic E-state index is 0.0559. The third-order valence-electron chi connectivity index (χ3n) is 4.47. The molecule has 2 aromatic rings. The summed E-state index contributed by atoms with van der Waals surface area (Å²) in [6.07, 6.45) is 0.268. The van der Waals surface area contributed by atoms with Crippen molar-refractivity contribution in [2.75, 3.05) is 13.1 Å². The van der Waals surface area contributed by atoms with Crippen molar-refractivity contribution in [2.45, 2.75) is 24.8 Å². The fourth-order valence-electron chi connectivity index (χ4n) is 3.13. The van der Waals surface area contributed by atoms with E-state index in [4.69, 9.17) is 28.9 Å². The first-order valence-electron chi connectivity index (χ1n) is 8.02. The SMILES string of the molecule is N[C@@H]1CN(C(=O)CCC(=O)c2cc(Cl)sc2Cl)C[C@H]1c1ccccc1. The summed E-state index contributed by atoms with van der Waals surface area (Å²) in [4.78, 5) is 26.4. The van der Waals surface area contributed by atoms with E-state index >= 15 is 0 Å². The normalized spacial score (nSPS) is 20.0. The van der Waals surface area contributed by atoms with Crippen LogP contribution >= 0.6 is 34.5 Å². The van der Waals surface area contributed by atoms with Crippen LogP contribution in [0.25, 0.3) is 0 Å². The third kappa shape index (κ3) is 4.23. The number of benzene rings is 1. The Labute approximate surface area is 160 Å². The molecule has 2 N–H and O–H groups in total. The summed E-state index contributed by atoms with van der Waals surface area (Å²) in [7, 11) is 0. The van der Waals surface area contributed by atoms with Gasteiger partial charge in [-0.3, -0.25) is 9.59 Å². The number of rotatable bonds is 5. The van der Waals surface area contributed by atoms with Gasteiger partial charge in [-0.15, -0.1) is 11.3 Å². The molecule has 1 saturated heterocycles. The van der Waals surface area contributed by atoms with Crippen LogP contribution < -0.4 is 5.73 Å². The van der Waals surface area contributed by atoms with E-state index < -0.39 is 0 Å². The van der Waals surface area contributed by atoms with Gasteiger partial charge in [0.05, 0.1) is 4.34 Å². The Morgan fingerprint density at radius 1 is 1.16 bits per heavy atom. The molecule has 0 spiro atoms. The predicted molar refractivity (Wildman–Crippen MR) is 102 cm³/mol. The second-order valence-corrected chi connectivity index (χ2v) is 8.43. The third-order valence-corrected chi connectivity index (χ3v) is 5.96.